The van der Waals surface area contributed by atoms with E-state index in [4.69, 9.17) is 0 Å². The number of rotatable bonds is 5. The van der Waals surface area contributed by atoms with Crippen LogP contribution >= 0.6 is 28.6 Å². The highest BCUT2D eigenvalue weighted by Crippen LogP contribution is 2.19. The smallest absolute Gasteiger partial charge is 0.252 e. The Morgan fingerprint density at radius 1 is 1.50 bits per heavy atom. The van der Waals surface area contributed by atoms with Crippen molar-refractivity contribution >= 4 is 34.5 Å². The van der Waals surface area contributed by atoms with Gasteiger partial charge in [-0.15, -0.1) is 12.6 Å². The lowest BCUT2D eigenvalue weighted by atomic mass is 10.2. The molecule has 0 aromatic heterocycles. The molecule has 0 bridgehead atoms. The molecule has 1 aromatic rings. The number of benzene rings is 1. The first-order chi connectivity index (χ1) is 8.41. The third-order valence-electron chi connectivity index (χ3n) is 2.84. The van der Waals surface area contributed by atoms with Crippen LogP contribution in [0.1, 0.15) is 24.2 Å². The van der Waals surface area contributed by atoms with Crippen molar-refractivity contribution in [2.75, 3.05) is 20.1 Å². The van der Waals surface area contributed by atoms with Crippen molar-refractivity contribution in [2.45, 2.75) is 24.8 Å². The van der Waals surface area contributed by atoms with E-state index in [1.165, 1.54) is 0 Å². The monoisotopic (exact) mass is 330 g/mol. The number of halogens is 1. The first kappa shape index (κ1) is 15.5. The summed E-state index contributed by atoms with van der Waals surface area (Å²) in [5.41, 5.74) is 0.605. The molecule has 0 aliphatic rings. The quantitative estimate of drug-likeness (QED) is 0.814. The molecule has 0 saturated carbocycles. The van der Waals surface area contributed by atoms with Gasteiger partial charge in [0.05, 0.1) is 5.56 Å². The fourth-order valence-corrected chi connectivity index (χ4v) is 2.25. The third kappa shape index (κ3) is 4.63. The van der Waals surface area contributed by atoms with Crippen LogP contribution < -0.4 is 5.32 Å². The molecule has 100 valence electrons. The van der Waals surface area contributed by atoms with Crippen LogP contribution in [0.15, 0.2) is 27.6 Å². The summed E-state index contributed by atoms with van der Waals surface area (Å²) in [6.07, 6.45) is 0. The largest absolute Gasteiger partial charge is 0.351 e. The number of nitrogens with one attached hydrogen (secondary N) is 1. The lowest BCUT2D eigenvalue weighted by Crippen LogP contribution is -2.36. The molecule has 1 amide bonds. The second kappa shape index (κ2) is 7.16. The Kier molecular flexibility index (Phi) is 6.18. The zero-order valence-electron chi connectivity index (χ0n) is 10.9. The summed E-state index contributed by atoms with van der Waals surface area (Å²) in [7, 11) is 2.04. The van der Waals surface area contributed by atoms with Crippen LogP contribution in [0.5, 0.6) is 0 Å². The normalized spacial score (nSPS) is 11.1. The van der Waals surface area contributed by atoms with Gasteiger partial charge < -0.3 is 10.2 Å². The maximum atomic E-state index is 11.9. The highest BCUT2D eigenvalue weighted by molar-refractivity contribution is 9.10. The van der Waals surface area contributed by atoms with E-state index < -0.39 is 0 Å². The van der Waals surface area contributed by atoms with Crippen molar-refractivity contribution in [2.24, 2.45) is 0 Å². The van der Waals surface area contributed by atoms with Gasteiger partial charge in [-0.1, -0.05) is 15.9 Å². The summed E-state index contributed by atoms with van der Waals surface area (Å²) in [6.45, 7) is 5.73. The molecule has 3 nitrogen and oxygen atoms in total. The highest BCUT2D eigenvalue weighted by atomic mass is 79.9. The molecule has 1 aromatic carbocycles. The topological polar surface area (TPSA) is 32.3 Å². The first-order valence-corrected chi connectivity index (χ1v) is 7.12. The third-order valence-corrected chi connectivity index (χ3v) is 3.70. The molecule has 0 unspecified atom stereocenters. The second-order valence-electron chi connectivity index (χ2n) is 4.49. The van der Waals surface area contributed by atoms with Crippen molar-refractivity contribution in [3.8, 4) is 0 Å². The van der Waals surface area contributed by atoms with Crippen LogP contribution in [-0.4, -0.2) is 37.0 Å². The fourth-order valence-electron chi connectivity index (χ4n) is 1.40. The van der Waals surface area contributed by atoms with E-state index in [-0.39, 0.29) is 5.91 Å². The molecule has 0 saturated heterocycles. The van der Waals surface area contributed by atoms with E-state index in [0.717, 1.165) is 11.0 Å². The van der Waals surface area contributed by atoms with Crippen molar-refractivity contribution in [1.29, 1.82) is 0 Å². The zero-order chi connectivity index (χ0) is 13.7. The Morgan fingerprint density at radius 3 is 2.72 bits per heavy atom. The lowest BCUT2D eigenvalue weighted by molar-refractivity contribution is 0.0945. The number of amides is 1. The SMILES string of the molecule is CC(C)N(C)CCNC(=O)c1ccc(Br)cc1S. The maximum Gasteiger partial charge on any atom is 0.252 e. The summed E-state index contributed by atoms with van der Waals surface area (Å²) in [5, 5.41) is 2.90. The van der Waals surface area contributed by atoms with Crippen LogP contribution in [0.25, 0.3) is 0 Å². The average molecular weight is 331 g/mol. The number of likely N-dealkylation sites (N-methyl/N-ethyl adjacent to an activating group) is 1. The predicted octanol–water partition coefficient (Wildman–Crippen LogP) is 2.81. The Balaban J connectivity index is 2.51. The van der Waals surface area contributed by atoms with Gasteiger partial charge in [-0.25, -0.2) is 0 Å². The van der Waals surface area contributed by atoms with E-state index in [2.05, 4.69) is 52.6 Å². The molecule has 0 aliphatic carbocycles. The van der Waals surface area contributed by atoms with E-state index in [1.54, 1.807) is 6.07 Å². The molecule has 1 rings (SSSR count). The summed E-state index contributed by atoms with van der Waals surface area (Å²) in [5.74, 6) is -0.0790. The number of thiol groups is 1. The number of hydrogen-bond donors (Lipinski definition) is 2. The van der Waals surface area contributed by atoms with Gasteiger partial charge in [0.25, 0.3) is 5.91 Å². The van der Waals surface area contributed by atoms with Crippen molar-refractivity contribution in [3.05, 3.63) is 28.2 Å². The Bertz CT molecular complexity index is 423. The summed E-state index contributed by atoms with van der Waals surface area (Å²) < 4.78 is 0.920. The van der Waals surface area contributed by atoms with Gasteiger partial charge in [-0.2, -0.15) is 0 Å². The van der Waals surface area contributed by atoms with Crippen molar-refractivity contribution < 1.29 is 4.79 Å². The molecule has 0 spiro atoms. The second-order valence-corrected chi connectivity index (χ2v) is 5.89. The number of nitrogens with zero attached hydrogens (tertiary/aromatic N) is 1. The molecule has 0 heterocycles. The maximum absolute atomic E-state index is 11.9. The standard InChI is InChI=1S/C13H19BrN2OS/c1-9(2)16(3)7-6-15-13(17)11-5-4-10(14)8-12(11)18/h4-5,8-9,18H,6-7H2,1-3H3,(H,15,17). The Morgan fingerprint density at radius 2 is 2.17 bits per heavy atom. The Hall–Kier alpha value is -0.520. The van der Waals surface area contributed by atoms with Crippen molar-refractivity contribution in [1.82, 2.24) is 10.2 Å². The van der Waals surface area contributed by atoms with Crippen molar-refractivity contribution in [3.63, 3.8) is 0 Å². The van der Waals surface area contributed by atoms with Crippen LogP contribution in [0.4, 0.5) is 0 Å². The molecule has 0 radical (unpaired) electrons. The molecule has 1 N–H and O–H groups in total. The molecular weight excluding hydrogens is 312 g/mol. The van der Waals surface area contributed by atoms with Crippen LogP contribution in [0.3, 0.4) is 0 Å². The van der Waals surface area contributed by atoms with Crippen LogP contribution in [0, 0.1) is 0 Å². The number of carbonyl (C=O) groups excluding carboxylic acids is 1. The number of carbonyl (C=O) groups is 1. The van der Waals surface area contributed by atoms with Gasteiger partial charge in [0.15, 0.2) is 0 Å². The summed E-state index contributed by atoms with van der Waals surface area (Å²) in [6, 6.07) is 5.91. The van der Waals surface area contributed by atoms with E-state index in [0.29, 0.717) is 23.0 Å². The Labute approximate surface area is 122 Å². The molecule has 0 atom stereocenters. The molecule has 18 heavy (non-hydrogen) atoms. The molecular formula is C13H19BrN2OS. The fraction of sp³-hybridized carbons (Fsp3) is 0.462. The van der Waals surface area contributed by atoms with E-state index in [9.17, 15) is 4.79 Å². The van der Waals surface area contributed by atoms with Gasteiger partial charge in [-0.3, -0.25) is 4.79 Å². The predicted molar refractivity (Wildman–Crippen MR) is 81.5 cm³/mol. The average Bonchev–Trinajstić information content (AvgIpc) is 2.28. The minimum atomic E-state index is -0.0790. The van der Waals surface area contributed by atoms with Gasteiger partial charge >= 0.3 is 0 Å². The highest BCUT2D eigenvalue weighted by Gasteiger charge is 2.10. The molecule has 0 fully saturated rings. The van der Waals surface area contributed by atoms with Gasteiger partial charge in [0.1, 0.15) is 0 Å². The first-order valence-electron chi connectivity index (χ1n) is 5.88. The lowest BCUT2D eigenvalue weighted by Gasteiger charge is -2.21. The van der Waals surface area contributed by atoms with E-state index in [1.807, 2.05) is 19.2 Å². The minimum absolute atomic E-state index is 0.0790. The molecule has 5 heteroatoms. The molecule has 0 aliphatic heterocycles. The minimum Gasteiger partial charge on any atom is -0.351 e. The summed E-state index contributed by atoms with van der Waals surface area (Å²) >= 11 is 7.65. The van der Waals surface area contributed by atoms with Crippen LogP contribution in [-0.2, 0) is 0 Å². The van der Waals surface area contributed by atoms with E-state index >= 15 is 0 Å². The number of hydrogen-bond acceptors (Lipinski definition) is 3. The summed E-state index contributed by atoms with van der Waals surface area (Å²) in [4.78, 5) is 14.8. The van der Waals surface area contributed by atoms with Crippen LogP contribution in [0.2, 0.25) is 0 Å². The van der Waals surface area contributed by atoms with Gasteiger partial charge in [-0.05, 0) is 39.1 Å². The van der Waals surface area contributed by atoms with Gasteiger partial charge in [0, 0.05) is 28.5 Å². The zero-order valence-corrected chi connectivity index (χ0v) is 13.4. The van der Waals surface area contributed by atoms with Gasteiger partial charge in [0.2, 0.25) is 0 Å².